The molecule has 0 aromatic heterocycles. The van der Waals surface area contributed by atoms with Gasteiger partial charge in [0, 0.05) is 18.2 Å². The van der Waals surface area contributed by atoms with Crippen LogP contribution in [0.25, 0.3) is 0 Å². The van der Waals surface area contributed by atoms with Crippen molar-refractivity contribution in [1.29, 1.82) is 0 Å². The van der Waals surface area contributed by atoms with Crippen LogP contribution in [0.15, 0.2) is 18.2 Å². The molecule has 0 aliphatic carbocycles. The number of nitro groups is 1. The van der Waals surface area contributed by atoms with Crippen LogP contribution in [-0.2, 0) is 4.79 Å². The predicted octanol–water partition coefficient (Wildman–Crippen LogP) is 3.11. The number of rotatable bonds is 3. The van der Waals surface area contributed by atoms with Gasteiger partial charge in [-0.15, -0.1) is 0 Å². The maximum atomic E-state index is 13.1. The van der Waals surface area contributed by atoms with E-state index in [-0.39, 0.29) is 23.4 Å². The second-order valence-electron chi connectivity index (χ2n) is 5.21. The second-order valence-corrected chi connectivity index (χ2v) is 5.21. The van der Waals surface area contributed by atoms with Crippen molar-refractivity contribution >= 4 is 17.3 Å². The van der Waals surface area contributed by atoms with Gasteiger partial charge in [-0.3, -0.25) is 14.9 Å². The zero-order valence-electron chi connectivity index (χ0n) is 10.5. The highest BCUT2D eigenvalue weighted by Gasteiger charge is 2.18. The molecule has 0 saturated heterocycles. The van der Waals surface area contributed by atoms with Gasteiger partial charge < -0.3 is 5.32 Å². The number of anilines is 1. The zero-order valence-corrected chi connectivity index (χ0v) is 10.5. The highest BCUT2D eigenvalue weighted by molar-refractivity contribution is 5.91. The number of nitrogens with one attached hydrogen (secondary N) is 1. The van der Waals surface area contributed by atoms with Crippen molar-refractivity contribution in [2.24, 2.45) is 5.41 Å². The van der Waals surface area contributed by atoms with E-state index in [1.807, 2.05) is 20.8 Å². The summed E-state index contributed by atoms with van der Waals surface area (Å²) in [5.41, 5.74) is -0.614. The van der Waals surface area contributed by atoms with Crippen LogP contribution in [0, 0.1) is 21.3 Å². The van der Waals surface area contributed by atoms with Crippen LogP contribution in [0.2, 0.25) is 0 Å². The molecule has 1 rings (SSSR count). The maximum absolute atomic E-state index is 13.1. The van der Waals surface area contributed by atoms with E-state index in [2.05, 4.69) is 5.32 Å². The number of nitrogens with zero attached hydrogens (tertiary/aromatic N) is 1. The Morgan fingerprint density at radius 1 is 1.44 bits per heavy atom. The molecule has 0 atom stereocenters. The van der Waals surface area contributed by atoms with Crippen LogP contribution in [0.3, 0.4) is 0 Å². The first-order valence-electron chi connectivity index (χ1n) is 5.43. The summed E-state index contributed by atoms with van der Waals surface area (Å²) in [6.07, 6.45) is 0.276. The van der Waals surface area contributed by atoms with Crippen LogP contribution < -0.4 is 5.32 Å². The molecule has 0 bridgehead atoms. The first kappa shape index (κ1) is 14.1. The zero-order chi connectivity index (χ0) is 13.9. The molecule has 0 aliphatic heterocycles. The third-order valence-electron chi connectivity index (χ3n) is 2.12. The molecular formula is C12H15FN2O3. The molecule has 0 aliphatic rings. The number of benzene rings is 1. The van der Waals surface area contributed by atoms with Gasteiger partial charge in [0.15, 0.2) is 0 Å². The van der Waals surface area contributed by atoms with E-state index >= 15 is 0 Å². The molecule has 1 aromatic carbocycles. The molecule has 0 heterocycles. The van der Waals surface area contributed by atoms with Crippen LogP contribution in [0.4, 0.5) is 15.8 Å². The standard InChI is InChI=1S/C12H15FN2O3/c1-12(2,3)7-11(16)14-8-4-5-9(13)10(6-8)15(17)18/h4-6H,7H2,1-3H3,(H,14,16). The summed E-state index contributed by atoms with van der Waals surface area (Å²) in [7, 11) is 0. The smallest absolute Gasteiger partial charge is 0.306 e. The van der Waals surface area contributed by atoms with Crippen LogP contribution in [0.1, 0.15) is 27.2 Å². The summed E-state index contributed by atoms with van der Waals surface area (Å²) in [5.74, 6) is -1.18. The predicted molar refractivity (Wildman–Crippen MR) is 65.8 cm³/mol. The Morgan fingerprint density at radius 3 is 2.56 bits per heavy atom. The molecule has 18 heavy (non-hydrogen) atoms. The first-order valence-corrected chi connectivity index (χ1v) is 5.43. The molecule has 6 heteroatoms. The number of nitro benzene ring substituents is 1. The highest BCUT2D eigenvalue weighted by Crippen LogP contribution is 2.23. The lowest BCUT2D eigenvalue weighted by Crippen LogP contribution is -2.19. The normalized spacial score (nSPS) is 11.1. The molecule has 0 fully saturated rings. The van der Waals surface area contributed by atoms with Crippen molar-refractivity contribution in [2.75, 3.05) is 5.32 Å². The highest BCUT2D eigenvalue weighted by atomic mass is 19.1. The van der Waals surface area contributed by atoms with Crippen molar-refractivity contribution in [1.82, 2.24) is 0 Å². The Bertz CT molecular complexity index is 481. The summed E-state index contributed by atoms with van der Waals surface area (Å²) >= 11 is 0. The molecule has 1 amide bonds. The lowest BCUT2D eigenvalue weighted by Gasteiger charge is -2.17. The number of carbonyl (C=O) groups excluding carboxylic acids is 1. The van der Waals surface area contributed by atoms with Gasteiger partial charge in [-0.2, -0.15) is 4.39 Å². The Labute approximate surface area is 104 Å². The average Bonchev–Trinajstić information content (AvgIpc) is 2.17. The molecular weight excluding hydrogens is 239 g/mol. The van der Waals surface area contributed by atoms with Gasteiger partial charge in [0.25, 0.3) is 0 Å². The number of hydrogen-bond donors (Lipinski definition) is 1. The lowest BCUT2D eigenvalue weighted by molar-refractivity contribution is -0.387. The minimum absolute atomic E-state index is 0.184. The number of carbonyl (C=O) groups is 1. The summed E-state index contributed by atoms with van der Waals surface area (Å²) in [6, 6.07) is 3.27. The maximum Gasteiger partial charge on any atom is 0.306 e. The monoisotopic (exact) mass is 254 g/mol. The summed E-state index contributed by atoms with van der Waals surface area (Å²) < 4.78 is 13.1. The SMILES string of the molecule is CC(C)(C)CC(=O)Nc1ccc(F)c([N+](=O)[O-])c1. The molecule has 0 unspecified atom stereocenters. The molecule has 1 aromatic rings. The van der Waals surface area contributed by atoms with E-state index in [1.165, 1.54) is 6.07 Å². The van der Waals surface area contributed by atoms with E-state index in [4.69, 9.17) is 0 Å². The van der Waals surface area contributed by atoms with Crippen molar-refractivity contribution in [3.8, 4) is 0 Å². The molecule has 98 valence electrons. The quantitative estimate of drug-likeness (QED) is 0.665. The van der Waals surface area contributed by atoms with E-state index < -0.39 is 16.4 Å². The van der Waals surface area contributed by atoms with Gasteiger partial charge in [0.05, 0.1) is 4.92 Å². The van der Waals surface area contributed by atoms with Gasteiger partial charge in [0.1, 0.15) is 0 Å². The minimum Gasteiger partial charge on any atom is -0.326 e. The van der Waals surface area contributed by atoms with Gasteiger partial charge in [-0.05, 0) is 17.5 Å². The summed E-state index contributed by atoms with van der Waals surface area (Å²) in [5, 5.41) is 13.1. The minimum atomic E-state index is -0.922. The Hall–Kier alpha value is -1.98. The van der Waals surface area contributed by atoms with Gasteiger partial charge in [-0.1, -0.05) is 20.8 Å². The van der Waals surface area contributed by atoms with Crippen LogP contribution in [0.5, 0.6) is 0 Å². The summed E-state index contributed by atoms with van der Waals surface area (Å²) in [4.78, 5) is 21.3. The summed E-state index contributed by atoms with van der Waals surface area (Å²) in [6.45, 7) is 5.71. The largest absolute Gasteiger partial charge is 0.326 e. The lowest BCUT2D eigenvalue weighted by atomic mass is 9.92. The van der Waals surface area contributed by atoms with Crippen molar-refractivity contribution in [3.05, 3.63) is 34.1 Å². The molecule has 5 nitrogen and oxygen atoms in total. The number of amides is 1. The average molecular weight is 254 g/mol. The van der Waals surface area contributed by atoms with Gasteiger partial charge in [0.2, 0.25) is 11.7 Å². The molecule has 0 saturated carbocycles. The first-order chi connectivity index (χ1) is 8.19. The van der Waals surface area contributed by atoms with Crippen LogP contribution >= 0.6 is 0 Å². The molecule has 1 N–H and O–H groups in total. The Kier molecular flexibility index (Phi) is 4.00. The van der Waals surface area contributed by atoms with Crippen molar-refractivity contribution < 1.29 is 14.1 Å². The fourth-order valence-corrected chi connectivity index (χ4v) is 1.42. The molecule has 0 spiro atoms. The third-order valence-corrected chi connectivity index (χ3v) is 2.12. The fourth-order valence-electron chi connectivity index (χ4n) is 1.42. The van der Waals surface area contributed by atoms with E-state index in [0.29, 0.717) is 0 Å². The van der Waals surface area contributed by atoms with Gasteiger partial charge in [-0.25, -0.2) is 0 Å². The van der Waals surface area contributed by atoms with Crippen LogP contribution in [-0.4, -0.2) is 10.8 Å². The molecule has 0 radical (unpaired) electrons. The van der Waals surface area contributed by atoms with E-state index in [1.54, 1.807) is 0 Å². The van der Waals surface area contributed by atoms with E-state index in [9.17, 15) is 19.3 Å². The fraction of sp³-hybridized carbons (Fsp3) is 0.417. The Morgan fingerprint density at radius 2 is 2.06 bits per heavy atom. The van der Waals surface area contributed by atoms with Crippen molar-refractivity contribution in [2.45, 2.75) is 27.2 Å². The third kappa shape index (κ3) is 4.12. The number of halogens is 1. The number of hydrogen-bond acceptors (Lipinski definition) is 3. The van der Waals surface area contributed by atoms with E-state index in [0.717, 1.165) is 12.1 Å². The van der Waals surface area contributed by atoms with Crippen molar-refractivity contribution in [3.63, 3.8) is 0 Å². The Balaban J connectivity index is 2.83. The topological polar surface area (TPSA) is 72.2 Å². The second kappa shape index (κ2) is 5.12. The van der Waals surface area contributed by atoms with Gasteiger partial charge >= 0.3 is 5.69 Å².